The summed E-state index contributed by atoms with van der Waals surface area (Å²) < 4.78 is 5.46. The minimum atomic E-state index is -0.673. The van der Waals surface area contributed by atoms with Crippen molar-refractivity contribution >= 4 is 11.9 Å². The molecule has 5 atom stereocenters. The van der Waals surface area contributed by atoms with E-state index in [1.54, 1.807) is 6.08 Å². The summed E-state index contributed by atoms with van der Waals surface area (Å²) in [6, 6.07) is 0. The van der Waals surface area contributed by atoms with Gasteiger partial charge in [-0.25, -0.2) is 4.79 Å². The van der Waals surface area contributed by atoms with E-state index in [9.17, 15) is 14.7 Å². The van der Waals surface area contributed by atoms with Crippen molar-refractivity contribution in [1.29, 1.82) is 0 Å². The van der Waals surface area contributed by atoms with Crippen molar-refractivity contribution in [2.45, 2.75) is 65.4 Å². The molecule has 0 aromatic heterocycles. The van der Waals surface area contributed by atoms with E-state index in [2.05, 4.69) is 13.5 Å². The summed E-state index contributed by atoms with van der Waals surface area (Å²) >= 11 is 0. The summed E-state index contributed by atoms with van der Waals surface area (Å²) in [5.41, 5.74) is 1.41. The Bertz CT molecular complexity index is 619. The van der Waals surface area contributed by atoms with E-state index < -0.39 is 11.4 Å². The van der Waals surface area contributed by atoms with Gasteiger partial charge in [-0.2, -0.15) is 0 Å². The van der Waals surface area contributed by atoms with Crippen molar-refractivity contribution in [3.63, 3.8) is 0 Å². The van der Waals surface area contributed by atoms with Gasteiger partial charge in [0, 0.05) is 6.08 Å². The smallest absolute Gasteiger partial charge is 0.331 e. The third-order valence-electron chi connectivity index (χ3n) is 7.07. The summed E-state index contributed by atoms with van der Waals surface area (Å²) in [5.74, 6) is -0.588. The molecule has 0 bridgehead atoms. The molecule has 2 saturated carbocycles. The fourth-order valence-electron chi connectivity index (χ4n) is 5.63. The van der Waals surface area contributed by atoms with E-state index >= 15 is 0 Å². The third kappa shape index (κ3) is 2.51. The van der Waals surface area contributed by atoms with E-state index in [1.165, 1.54) is 5.57 Å². The average Bonchev–Trinajstić information content (AvgIpc) is 2.80. The van der Waals surface area contributed by atoms with Crippen LogP contribution in [0.4, 0.5) is 0 Å². The minimum absolute atomic E-state index is 0.0873. The van der Waals surface area contributed by atoms with Crippen LogP contribution in [0.1, 0.15) is 59.3 Å². The maximum atomic E-state index is 12.0. The second kappa shape index (κ2) is 5.75. The van der Waals surface area contributed by atoms with Crippen LogP contribution in [-0.2, 0) is 14.3 Å². The highest BCUT2D eigenvalue weighted by molar-refractivity contribution is 5.85. The van der Waals surface area contributed by atoms with Gasteiger partial charge in [-0.15, -0.1) is 0 Å². The van der Waals surface area contributed by atoms with Crippen LogP contribution in [0.3, 0.4) is 0 Å². The van der Waals surface area contributed by atoms with E-state index in [-0.39, 0.29) is 29.3 Å². The van der Waals surface area contributed by atoms with Gasteiger partial charge in [0.05, 0.1) is 5.41 Å². The van der Waals surface area contributed by atoms with E-state index in [0.717, 1.165) is 44.1 Å². The van der Waals surface area contributed by atoms with E-state index in [4.69, 9.17) is 4.74 Å². The molecule has 0 aromatic carbocycles. The maximum Gasteiger partial charge on any atom is 0.331 e. The van der Waals surface area contributed by atoms with Gasteiger partial charge >= 0.3 is 11.9 Å². The first-order valence-electron chi connectivity index (χ1n) is 8.98. The number of allylic oxidation sites excluding steroid dienone is 1. The fraction of sp³-hybridized carbons (Fsp3) is 0.700. The zero-order valence-electron chi connectivity index (χ0n) is 14.9. The molecular weight excluding hydrogens is 304 g/mol. The Morgan fingerprint density at radius 3 is 2.71 bits per heavy atom. The Morgan fingerprint density at radius 2 is 2.12 bits per heavy atom. The van der Waals surface area contributed by atoms with Crippen molar-refractivity contribution in [3.8, 4) is 0 Å². The molecule has 2 fully saturated rings. The number of cyclic esters (lactones) is 1. The molecule has 1 aliphatic heterocycles. The lowest BCUT2D eigenvalue weighted by Gasteiger charge is -2.57. The number of carbonyl (C=O) groups is 2. The molecule has 0 spiro atoms. The largest absolute Gasteiger partial charge is 0.481 e. The highest BCUT2D eigenvalue weighted by atomic mass is 16.5. The monoisotopic (exact) mass is 332 g/mol. The molecule has 0 aromatic rings. The van der Waals surface area contributed by atoms with E-state index in [1.807, 2.05) is 13.8 Å². The van der Waals surface area contributed by atoms with Crippen LogP contribution in [0, 0.1) is 22.7 Å². The second-order valence-electron chi connectivity index (χ2n) is 8.43. The first-order chi connectivity index (χ1) is 11.2. The number of rotatable bonds is 3. The summed E-state index contributed by atoms with van der Waals surface area (Å²) in [7, 11) is 0. The predicted octanol–water partition coefficient (Wildman–Crippen LogP) is 4.11. The Balaban J connectivity index is 1.91. The number of hydrogen-bond acceptors (Lipinski definition) is 3. The van der Waals surface area contributed by atoms with Crippen LogP contribution >= 0.6 is 0 Å². The lowest BCUT2D eigenvalue weighted by molar-refractivity contribution is -0.164. The van der Waals surface area contributed by atoms with E-state index in [0.29, 0.717) is 0 Å². The molecular formula is C20H28O4. The van der Waals surface area contributed by atoms with Crippen LogP contribution in [0.2, 0.25) is 0 Å². The highest BCUT2D eigenvalue weighted by Crippen LogP contribution is 2.62. The van der Waals surface area contributed by atoms with Gasteiger partial charge in [0.15, 0.2) is 0 Å². The summed E-state index contributed by atoms with van der Waals surface area (Å²) in [5, 5.41) is 9.86. The van der Waals surface area contributed by atoms with Gasteiger partial charge in [-0.1, -0.05) is 25.5 Å². The zero-order valence-corrected chi connectivity index (χ0v) is 14.9. The zero-order chi connectivity index (χ0) is 17.7. The molecule has 1 unspecified atom stereocenters. The van der Waals surface area contributed by atoms with Gasteiger partial charge in [0.2, 0.25) is 0 Å². The van der Waals surface area contributed by atoms with Gasteiger partial charge in [0.1, 0.15) is 6.10 Å². The molecule has 4 nitrogen and oxygen atoms in total. The molecule has 0 amide bonds. The normalized spacial score (nSPS) is 42.3. The fourth-order valence-corrected chi connectivity index (χ4v) is 5.63. The Labute approximate surface area is 144 Å². The minimum Gasteiger partial charge on any atom is -0.481 e. The number of carbonyl (C=O) groups excluding carboxylic acids is 1. The lowest BCUT2D eigenvalue weighted by atomic mass is 9.46. The number of aliphatic carboxylic acids is 1. The van der Waals surface area contributed by atoms with Crippen LogP contribution in [0.5, 0.6) is 0 Å². The standard InChI is InChI=1S/C20H28O4/c1-12-6-7-16-19(3,8-5-9-20(16,4)18(22)23)14(12)11-15-13(2)10-17(21)24-15/h10,14-16H,1,5-9,11H2,2-4H3,(H,22,23)/t14-,15?,16+,19+,20-/m0/s1. The number of esters is 1. The second-order valence-corrected chi connectivity index (χ2v) is 8.43. The van der Waals surface area contributed by atoms with Crippen LogP contribution < -0.4 is 0 Å². The molecule has 1 heterocycles. The molecule has 24 heavy (non-hydrogen) atoms. The Hall–Kier alpha value is -1.58. The first-order valence-corrected chi connectivity index (χ1v) is 8.98. The quantitative estimate of drug-likeness (QED) is 0.624. The molecule has 132 valence electrons. The van der Waals surface area contributed by atoms with Crippen LogP contribution in [0.25, 0.3) is 0 Å². The Morgan fingerprint density at radius 1 is 1.42 bits per heavy atom. The van der Waals surface area contributed by atoms with Crippen molar-refractivity contribution in [3.05, 3.63) is 23.8 Å². The van der Waals surface area contributed by atoms with Gasteiger partial charge in [0.25, 0.3) is 0 Å². The average molecular weight is 332 g/mol. The van der Waals surface area contributed by atoms with Crippen molar-refractivity contribution in [2.24, 2.45) is 22.7 Å². The molecule has 3 aliphatic rings. The molecule has 4 heteroatoms. The maximum absolute atomic E-state index is 12.0. The van der Waals surface area contributed by atoms with Gasteiger partial charge in [-0.05, 0) is 68.8 Å². The number of hydrogen-bond donors (Lipinski definition) is 1. The highest BCUT2D eigenvalue weighted by Gasteiger charge is 2.57. The SMILES string of the molecule is C=C1CC[C@@H]2[C@](C)(CCC[C@]2(C)C(=O)O)[C@H]1CC1OC(=O)C=C1C. The predicted molar refractivity (Wildman–Crippen MR) is 91.3 cm³/mol. The van der Waals surface area contributed by atoms with Gasteiger partial charge in [-0.3, -0.25) is 4.79 Å². The molecule has 0 radical (unpaired) electrons. The molecule has 1 N–H and O–H groups in total. The van der Waals surface area contributed by atoms with Crippen molar-refractivity contribution < 1.29 is 19.4 Å². The lowest BCUT2D eigenvalue weighted by Crippen LogP contribution is -2.53. The number of ether oxygens (including phenoxy) is 1. The Kier molecular flexibility index (Phi) is 4.13. The summed E-state index contributed by atoms with van der Waals surface area (Å²) in [6.07, 6.45) is 6.58. The van der Waals surface area contributed by atoms with Crippen molar-refractivity contribution in [2.75, 3.05) is 0 Å². The van der Waals surface area contributed by atoms with Gasteiger partial charge < -0.3 is 9.84 Å². The summed E-state index contributed by atoms with van der Waals surface area (Å²) in [6.45, 7) is 10.4. The molecule has 3 rings (SSSR count). The number of fused-ring (bicyclic) bond motifs is 1. The van der Waals surface area contributed by atoms with Crippen LogP contribution in [-0.4, -0.2) is 23.1 Å². The number of carboxylic acids is 1. The molecule has 2 aliphatic carbocycles. The third-order valence-corrected chi connectivity index (χ3v) is 7.07. The number of carboxylic acid groups (broad SMARTS) is 1. The van der Waals surface area contributed by atoms with Crippen molar-refractivity contribution in [1.82, 2.24) is 0 Å². The topological polar surface area (TPSA) is 63.6 Å². The summed E-state index contributed by atoms with van der Waals surface area (Å²) in [4.78, 5) is 23.5. The van der Waals surface area contributed by atoms with Crippen LogP contribution in [0.15, 0.2) is 23.8 Å². The first kappa shape index (κ1) is 17.2. The molecule has 0 saturated heterocycles.